The van der Waals surface area contributed by atoms with Gasteiger partial charge in [0.15, 0.2) is 0 Å². The zero-order valence-corrected chi connectivity index (χ0v) is 13.0. The van der Waals surface area contributed by atoms with Crippen LogP contribution in [0, 0.1) is 18.3 Å². The first-order valence-electron chi connectivity index (χ1n) is 7.55. The molecule has 2 heteroatoms. The van der Waals surface area contributed by atoms with Gasteiger partial charge in [0.1, 0.15) is 12.4 Å². The first-order chi connectivity index (χ1) is 11.3. The topological polar surface area (TPSA) is 33.0 Å². The number of nitrogens with zero attached hydrogens (tertiary/aromatic N) is 1. The van der Waals surface area contributed by atoms with Crippen molar-refractivity contribution in [1.29, 1.82) is 5.26 Å². The number of para-hydroxylation sites is 1. The summed E-state index contributed by atoms with van der Waals surface area (Å²) in [6, 6.07) is 26.0. The fourth-order valence-electron chi connectivity index (χ4n) is 2.53. The van der Waals surface area contributed by atoms with Gasteiger partial charge in [0.2, 0.25) is 0 Å². The van der Waals surface area contributed by atoms with Crippen LogP contribution in [0.1, 0.15) is 16.7 Å². The van der Waals surface area contributed by atoms with Gasteiger partial charge in [0.25, 0.3) is 0 Å². The Balaban J connectivity index is 1.86. The lowest BCUT2D eigenvalue weighted by Crippen LogP contribution is -1.99. The Morgan fingerprint density at radius 1 is 0.870 bits per heavy atom. The zero-order valence-electron chi connectivity index (χ0n) is 13.0. The predicted octanol–water partition coefficient (Wildman–Crippen LogP) is 5.11. The van der Waals surface area contributed by atoms with E-state index in [0.717, 1.165) is 28.0 Å². The molecule has 0 unspecified atom stereocenters. The van der Waals surface area contributed by atoms with Gasteiger partial charge < -0.3 is 4.74 Å². The second-order valence-electron chi connectivity index (χ2n) is 5.40. The summed E-state index contributed by atoms with van der Waals surface area (Å²) in [4.78, 5) is 0. The van der Waals surface area contributed by atoms with E-state index in [0.29, 0.717) is 12.2 Å². The summed E-state index contributed by atoms with van der Waals surface area (Å²) in [6.07, 6.45) is 0. The number of nitriles is 1. The highest BCUT2D eigenvalue weighted by atomic mass is 16.5. The van der Waals surface area contributed by atoms with Crippen LogP contribution in [0.3, 0.4) is 0 Å². The Kier molecular flexibility index (Phi) is 4.40. The molecule has 3 aromatic carbocycles. The Morgan fingerprint density at radius 3 is 2.30 bits per heavy atom. The van der Waals surface area contributed by atoms with E-state index in [1.807, 2.05) is 67.6 Å². The highest BCUT2D eigenvalue weighted by Gasteiger charge is 2.06. The minimum absolute atomic E-state index is 0.515. The van der Waals surface area contributed by atoms with Crippen LogP contribution in [0.25, 0.3) is 11.1 Å². The molecule has 112 valence electrons. The standard InChI is InChI=1S/C21H17NO/c1-16-6-2-5-9-21(16)23-15-19-7-3-4-8-20(19)18-12-10-17(14-22)11-13-18/h2-13H,15H2,1H3. The summed E-state index contributed by atoms with van der Waals surface area (Å²) in [5, 5.41) is 8.92. The predicted molar refractivity (Wildman–Crippen MR) is 92.1 cm³/mol. The van der Waals surface area contributed by atoms with Crippen LogP contribution in [0.2, 0.25) is 0 Å². The lowest BCUT2D eigenvalue weighted by molar-refractivity contribution is 0.304. The quantitative estimate of drug-likeness (QED) is 0.670. The maximum absolute atomic E-state index is 8.92. The molecule has 2 nitrogen and oxygen atoms in total. The van der Waals surface area contributed by atoms with Gasteiger partial charge in [-0.15, -0.1) is 0 Å². The average Bonchev–Trinajstić information content (AvgIpc) is 2.61. The molecule has 0 aliphatic carbocycles. The first-order valence-corrected chi connectivity index (χ1v) is 7.55. The van der Waals surface area contributed by atoms with Gasteiger partial charge in [-0.2, -0.15) is 5.26 Å². The minimum atomic E-state index is 0.515. The molecule has 0 aliphatic rings. The molecule has 0 N–H and O–H groups in total. The molecule has 0 amide bonds. The molecule has 0 aliphatic heterocycles. The van der Waals surface area contributed by atoms with E-state index in [1.165, 1.54) is 0 Å². The van der Waals surface area contributed by atoms with Gasteiger partial charge >= 0.3 is 0 Å². The van der Waals surface area contributed by atoms with Gasteiger partial charge in [0.05, 0.1) is 11.6 Å². The van der Waals surface area contributed by atoms with Crippen LogP contribution in [0.5, 0.6) is 5.75 Å². The van der Waals surface area contributed by atoms with Crippen molar-refractivity contribution < 1.29 is 4.74 Å². The Morgan fingerprint density at radius 2 is 1.57 bits per heavy atom. The van der Waals surface area contributed by atoms with Gasteiger partial charge in [-0.1, -0.05) is 54.6 Å². The molecule has 0 saturated heterocycles. The summed E-state index contributed by atoms with van der Waals surface area (Å²) in [5.41, 5.74) is 5.14. The van der Waals surface area contributed by atoms with Crippen LogP contribution in [0.4, 0.5) is 0 Å². The number of ether oxygens (including phenoxy) is 1. The zero-order chi connectivity index (χ0) is 16.1. The minimum Gasteiger partial charge on any atom is -0.489 e. The summed E-state index contributed by atoms with van der Waals surface area (Å²) in [6.45, 7) is 2.56. The number of aryl methyl sites for hydroxylation is 1. The Labute approximate surface area is 136 Å². The first kappa shape index (κ1) is 14.9. The van der Waals surface area contributed by atoms with Crippen LogP contribution < -0.4 is 4.74 Å². The normalized spacial score (nSPS) is 10.1. The highest BCUT2D eigenvalue weighted by Crippen LogP contribution is 2.26. The van der Waals surface area contributed by atoms with Gasteiger partial charge in [-0.3, -0.25) is 0 Å². The third-order valence-corrected chi connectivity index (χ3v) is 3.82. The van der Waals surface area contributed by atoms with E-state index in [4.69, 9.17) is 10.00 Å². The van der Waals surface area contributed by atoms with Crippen molar-refractivity contribution in [3.63, 3.8) is 0 Å². The summed E-state index contributed by atoms with van der Waals surface area (Å²) < 4.78 is 5.98. The van der Waals surface area contributed by atoms with Crippen molar-refractivity contribution in [1.82, 2.24) is 0 Å². The summed E-state index contributed by atoms with van der Waals surface area (Å²) in [7, 11) is 0. The van der Waals surface area contributed by atoms with Crippen molar-refractivity contribution in [3.05, 3.63) is 89.5 Å². The molecule has 0 atom stereocenters. The van der Waals surface area contributed by atoms with Crippen molar-refractivity contribution in [2.24, 2.45) is 0 Å². The maximum Gasteiger partial charge on any atom is 0.122 e. The molecule has 0 aromatic heterocycles. The van der Waals surface area contributed by atoms with E-state index in [1.54, 1.807) is 0 Å². The maximum atomic E-state index is 8.92. The summed E-state index contributed by atoms with van der Waals surface area (Å²) in [5.74, 6) is 0.905. The van der Waals surface area contributed by atoms with E-state index in [-0.39, 0.29) is 0 Å². The molecule has 23 heavy (non-hydrogen) atoms. The average molecular weight is 299 g/mol. The van der Waals surface area contributed by atoms with E-state index in [2.05, 4.69) is 18.2 Å². The van der Waals surface area contributed by atoms with Crippen molar-refractivity contribution in [2.45, 2.75) is 13.5 Å². The Hall–Kier alpha value is -3.05. The summed E-state index contributed by atoms with van der Waals surface area (Å²) >= 11 is 0. The monoisotopic (exact) mass is 299 g/mol. The van der Waals surface area contributed by atoms with E-state index < -0.39 is 0 Å². The fraction of sp³-hybridized carbons (Fsp3) is 0.0952. The SMILES string of the molecule is Cc1ccccc1OCc1ccccc1-c1ccc(C#N)cc1. The van der Waals surface area contributed by atoms with Gasteiger partial charge in [0, 0.05) is 0 Å². The third-order valence-electron chi connectivity index (χ3n) is 3.82. The van der Waals surface area contributed by atoms with Crippen molar-refractivity contribution in [3.8, 4) is 22.9 Å². The molecule has 0 radical (unpaired) electrons. The molecule has 0 heterocycles. The van der Waals surface area contributed by atoms with Crippen LogP contribution in [0.15, 0.2) is 72.8 Å². The molecular weight excluding hydrogens is 282 g/mol. The highest BCUT2D eigenvalue weighted by molar-refractivity contribution is 5.67. The molecule has 3 rings (SSSR count). The fourth-order valence-corrected chi connectivity index (χ4v) is 2.53. The lowest BCUT2D eigenvalue weighted by atomic mass is 9.99. The lowest BCUT2D eigenvalue weighted by Gasteiger charge is -2.13. The smallest absolute Gasteiger partial charge is 0.122 e. The number of hydrogen-bond acceptors (Lipinski definition) is 2. The molecule has 0 saturated carbocycles. The molecular formula is C21H17NO. The second kappa shape index (κ2) is 6.81. The Bertz CT molecular complexity index is 844. The molecule has 0 spiro atoms. The largest absolute Gasteiger partial charge is 0.489 e. The number of benzene rings is 3. The third kappa shape index (κ3) is 3.41. The van der Waals surface area contributed by atoms with Gasteiger partial charge in [-0.05, 0) is 47.4 Å². The second-order valence-corrected chi connectivity index (χ2v) is 5.40. The van der Waals surface area contributed by atoms with Crippen LogP contribution in [-0.2, 0) is 6.61 Å². The number of rotatable bonds is 4. The molecule has 0 bridgehead atoms. The van der Waals surface area contributed by atoms with Crippen LogP contribution >= 0.6 is 0 Å². The van der Waals surface area contributed by atoms with Gasteiger partial charge in [-0.25, -0.2) is 0 Å². The molecule has 0 fully saturated rings. The molecule has 3 aromatic rings. The van der Waals surface area contributed by atoms with Crippen LogP contribution in [-0.4, -0.2) is 0 Å². The number of hydrogen-bond donors (Lipinski definition) is 0. The van der Waals surface area contributed by atoms with E-state index >= 15 is 0 Å². The van der Waals surface area contributed by atoms with E-state index in [9.17, 15) is 0 Å². The van der Waals surface area contributed by atoms with Crippen molar-refractivity contribution >= 4 is 0 Å². The van der Waals surface area contributed by atoms with Crippen molar-refractivity contribution in [2.75, 3.05) is 0 Å².